The maximum Gasteiger partial charge on any atom is 0.304 e. The molecule has 0 bridgehead atoms. The number of fused-ring (bicyclic) bond motifs is 1. The second kappa shape index (κ2) is 9.52. The van der Waals surface area contributed by atoms with E-state index in [0.717, 1.165) is 39.9 Å². The molecule has 0 saturated carbocycles. The number of carbonyl (C=O) groups is 1. The summed E-state index contributed by atoms with van der Waals surface area (Å²) in [6.07, 6.45) is 3.77. The van der Waals surface area contributed by atoms with Crippen LogP contribution in [0.25, 0.3) is 10.9 Å². The van der Waals surface area contributed by atoms with Crippen molar-refractivity contribution in [3.05, 3.63) is 108 Å². The minimum absolute atomic E-state index is 0.0287. The number of aromatic nitrogens is 2. The molecule has 0 saturated heterocycles. The van der Waals surface area contributed by atoms with Crippen molar-refractivity contribution in [2.45, 2.75) is 32.4 Å². The summed E-state index contributed by atoms with van der Waals surface area (Å²) in [5, 5.41) is 14.9. The van der Waals surface area contributed by atoms with Crippen LogP contribution in [0.3, 0.4) is 0 Å². The molecule has 5 nitrogen and oxygen atoms in total. The van der Waals surface area contributed by atoms with Gasteiger partial charge in [0.2, 0.25) is 0 Å². The Bertz CT molecular complexity index is 1230. The molecule has 1 N–H and O–H groups in total. The van der Waals surface area contributed by atoms with Gasteiger partial charge in [0.25, 0.3) is 0 Å². The van der Waals surface area contributed by atoms with Crippen molar-refractivity contribution in [3.8, 4) is 5.75 Å². The van der Waals surface area contributed by atoms with Gasteiger partial charge >= 0.3 is 5.97 Å². The van der Waals surface area contributed by atoms with E-state index >= 15 is 0 Å². The summed E-state index contributed by atoms with van der Waals surface area (Å²) in [6, 6.07) is 22.0. The Morgan fingerprint density at radius 3 is 2.56 bits per heavy atom. The molecule has 0 radical (unpaired) electrons. The zero-order valence-corrected chi connectivity index (χ0v) is 18.1. The average Bonchev–Trinajstić information content (AvgIpc) is 3.20. The van der Waals surface area contributed by atoms with Crippen molar-refractivity contribution in [1.82, 2.24) is 9.78 Å². The van der Waals surface area contributed by atoms with Crippen molar-refractivity contribution in [2.75, 3.05) is 0 Å². The number of aryl methyl sites for hydroxylation is 1. The second-order valence-electron chi connectivity index (χ2n) is 7.96. The number of carboxylic acid groups (broad SMARTS) is 1. The fourth-order valence-electron chi connectivity index (χ4n) is 3.87. The predicted octanol–water partition coefficient (Wildman–Crippen LogP) is 5.72. The number of carboxylic acids is 1. The van der Waals surface area contributed by atoms with Gasteiger partial charge in [0.05, 0.1) is 18.5 Å². The van der Waals surface area contributed by atoms with Crippen LogP contribution in [-0.2, 0) is 17.9 Å². The molecule has 3 aromatic carbocycles. The average molecular weight is 427 g/mol. The van der Waals surface area contributed by atoms with Gasteiger partial charge in [-0.2, -0.15) is 5.10 Å². The first-order valence-corrected chi connectivity index (χ1v) is 10.6. The van der Waals surface area contributed by atoms with E-state index in [2.05, 4.69) is 44.0 Å². The molecule has 1 atom stereocenters. The Morgan fingerprint density at radius 1 is 1.12 bits per heavy atom. The van der Waals surface area contributed by atoms with Gasteiger partial charge in [0.15, 0.2) is 0 Å². The van der Waals surface area contributed by atoms with E-state index in [1.165, 1.54) is 5.56 Å². The van der Waals surface area contributed by atoms with E-state index in [9.17, 15) is 4.79 Å². The topological polar surface area (TPSA) is 64.3 Å². The smallest absolute Gasteiger partial charge is 0.304 e. The SMILES string of the molecule is C=C[C@@H](CC(=O)O)c1ccc(OCc2cc(C)c3nn(Cc4ccccc4)cc3c2)cc1. The van der Waals surface area contributed by atoms with Crippen LogP contribution in [0.15, 0.2) is 85.6 Å². The van der Waals surface area contributed by atoms with Crippen molar-refractivity contribution in [2.24, 2.45) is 0 Å². The standard InChI is InChI=1S/C27H26N2O3/c1-3-22(15-26(30)31)23-9-11-25(12-10-23)32-18-21-13-19(2)27-24(14-21)17-29(28-27)16-20-7-5-4-6-8-20/h3-14,17,22H,1,15-16,18H2,2H3,(H,30,31)/t22-/m0/s1. The monoisotopic (exact) mass is 426 g/mol. The highest BCUT2D eigenvalue weighted by Gasteiger charge is 2.12. The van der Waals surface area contributed by atoms with Crippen LogP contribution in [0.5, 0.6) is 5.75 Å². The third-order valence-corrected chi connectivity index (χ3v) is 5.49. The summed E-state index contributed by atoms with van der Waals surface area (Å²) >= 11 is 0. The maximum absolute atomic E-state index is 11.0. The molecule has 1 heterocycles. The van der Waals surface area contributed by atoms with Crippen molar-refractivity contribution in [1.29, 1.82) is 0 Å². The Hall–Kier alpha value is -3.86. The van der Waals surface area contributed by atoms with Gasteiger partial charge in [0.1, 0.15) is 12.4 Å². The number of allylic oxidation sites excluding steroid dienone is 1. The van der Waals surface area contributed by atoms with Crippen LogP contribution in [0.1, 0.15) is 34.6 Å². The normalized spacial score (nSPS) is 11.9. The summed E-state index contributed by atoms with van der Waals surface area (Å²) in [5.41, 5.74) is 5.33. The number of hydrogen-bond donors (Lipinski definition) is 1. The number of rotatable bonds is 9. The zero-order chi connectivity index (χ0) is 22.5. The van der Waals surface area contributed by atoms with Gasteiger partial charge in [-0.05, 0) is 47.4 Å². The number of aliphatic carboxylic acids is 1. The number of ether oxygens (including phenoxy) is 1. The van der Waals surface area contributed by atoms with Crippen LogP contribution >= 0.6 is 0 Å². The lowest BCUT2D eigenvalue weighted by Crippen LogP contribution is -2.04. The molecule has 0 aliphatic heterocycles. The van der Waals surface area contributed by atoms with Crippen LogP contribution in [0, 0.1) is 6.92 Å². The minimum Gasteiger partial charge on any atom is -0.489 e. The van der Waals surface area contributed by atoms with E-state index in [1.807, 2.05) is 47.1 Å². The van der Waals surface area contributed by atoms with Crippen LogP contribution < -0.4 is 4.74 Å². The summed E-state index contributed by atoms with van der Waals surface area (Å²) in [6.45, 7) is 6.99. The summed E-state index contributed by atoms with van der Waals surface area (Å²) in [4.78, 5) is 11.0. The first-order valence-electron chi connectivity index (χ1n) is 10.6. The van der Waals surface area contributed by atoms with Crippen molar-refractivity contribution < 1.29 is 14.6 Å². The molecule has 162 valence electrons. The number of hydrogen-bond acceptors (Lipinski definition) is 3. The molecule has 0 aliphatic carbocycles. The van der Waals surface area contributed by atoms with Gasteiger partial charge in [0, 0.05) is 17.5 Å². The van der Waals surface area contributed by atoms with Crippen LogP contribution in [0.2, 0.25) is 0 Å². The van der Waals surface area contributed by atoms with E-state index in [-0.39, 0.29) is 12.3 Å². The molecular weight excluding hydrogens is 400 g/mol. The first kappa shape index (κ1) is 21.4. The number of benzene rings is 3. The first-order chi connectivity index (χ1) is 15.5. The highest BCUT2D eigenvalue weighted by Crippen LogP contribution is 2.25. The summed E-state index contributed by atoms with van der Waals surface area (Å²) in [5.74, 6) is -0.309. The fourth-order valence-corrected chi connectivity index (χ4v) is 3.87. The van der Waals surface area contributed by atoms with E-state index in [4.69, 9.17) is 14.9 Å². The second-order valence-corrected chi connectivity index (χ2v) is 7.96. The van der Waals surface area contributed by atoms with Crippen LogP contribution in [0.4, 0.5) is 0 Å². The molecule has 1 aromatic heterocycles. The van der Waals surface area contributed by atoms with Gasteiger partial charge in [-0.15, -0.1) is 6.58 Å². The lowest BCUT2D eigenvalue weighted by molar-refractivity contribution is -0.137. The van der Waals surface area contributed by atoms with E-state index in [0.29, 0.717) is 6.61 Å². The van der Waals surface area contributed by atoms with Crippen LogP contribution in [-0.4, -0.2) is 20.9 Å². The van der Waals surface area contributed by atoms with Gasteiger partial charge in [-0.3, -0.25) is 9.48 Å². The van der Waals surface area contributed by atoms with E-state index < -0.39 is 5.97 Å². The third-order valence-electron chi connectivity index (χ3n) is 5.49. The Balaban J connectivity index is 1.45. The molecule has 0 unspecified atom stereocenters. The van der Waals surface area contributed by atoms with E-state index in [1.54, 1.807) is 6.08 Å². The quantitative estimate of drug-likeness (QED) is 0.348. The molecule has 0 amide bonds. The van der Waals surface area contributed by atoms with Crippen molar-refractivity contribution >= 4 is 16.9 Å². The van der Waals surface area contributed by atoms with Gasteiger partial charge in [-0.1, -0.05) is 54.6 Å². The molecule has 5 heteroatoms. The highest BCUT2D eigenvalue weighted by molar-refractivity contribution is 5.82. The summed E-state index contributed by atoms with van der Waals surface area (Å²) in [7, 11) is 0. The molecule has 0 spiro atoms. The molecule has 0 fully saturated rings. The Morgan fingerprint density at radius 2 is 1.88 bits per heavy atom. The maximum atomic E-state index is 11.0. The summed E-state index contributed by atoms with van der Waals surface area (Å²) < 4.78 is 7.95. The predicted molar refractivity (Wildman–Crippen MR) is 126 cm³/mol. The molecular formula is C27H26N2O3. The largest absolute Gasteiger partial charge is 0.489 e. The fraction of sp³-hybridized carbons (Fsp3) is 0.185. The Labute approximate surface area is 187 Å². The Kier molecular flexibility index (Phi) is 6.36. The zero-order valence-electron chi connectivity index (χ0n) is 18.1. The molecule has 0 aliphatic rings. The number of nitrogens with zero attached hydrogens (tertiary/aromatic N) is 2. The lowest BCUT2D eigenvalue weighted by atomic mass is 9.96. The van der Waals surface area contributed by atoms with Gasteiger partial charge in [-0.25, -0.2) is 0 Å². The lowest BCUT2D eigenvalue weighted by Gasteiger charge is -2.12. The molecule has 32 heavy (non-hydrogen) atoms. The van der Waals surface area contributed by atoms with Crippen molar-refractivity contribution in [3.63, 3.8) is 0 Å². The minimum atomic E-state index is -0.840. The molecule has 4 rings (SSSR count). The molecule has 4 aromatic rings. The highest BCUT2D eigenvalue weighted by atomic mass is 16.5. The third kappa shape index (κ3) is 5.06. The van der Waals surface area contributed by atoms with Gasteiger partial charge < -0.3 is 9.84 Å².